The van der Waals surface area contributed by atoms with Crippen LogP contribution in [0.1, 0.15) is 27.5 Å². The van der Waals surface area contributed by atoms with E-state index in [9.17, 15) is 23.1 Å². The molecule has 9 heteroatoms. The zero-order valence-corrected chi connectivity index (χ0v) is 20.1. The second-order valence-corrected chi connectivity index (χ2v) is 9.84. The average molecular weight is 494 g/mol. The number of hydrogen-bond donors (Lipinski definition) is 1. The highest BCUT2D eigenvalue weighted by Crippen LogP contribution is 2.45. The molecule has 35 heavy (non-hydrogen) atoms. The summed E-state index contributed by atoms with van der Waals surface area (Å²) in [5.74, 6) is -1.73. The number of carbonyl (C=O) groups is 2. The Labute approximate surface area is 202 Å². The molecule has 0 bridgehead atoms. The number of rotatable bonds is 6. The molecule has 0 saturated carbocycles. The zero-order valence-electron chi connectivity index (χ0n) is 19.3. The standard InChI is InChI=1S/C26H23NO7S/c1-16-4-14-21(15-5-16)35(31,32)24-22(17-6-8-18(9-7-17)26(30)34-3)27(25(29)23(24)28)19-10-12-20(33-2)13-11-19/h4-15,22,28H,1-3H3/t22-/m0/s1. The molecular weight excluding hydrogens is 470 g/mol. The van der Waals surface area contributed by atoms with Gasteiger partial charge in [0.05, 0.1) is 24.7 Å². The molecular formula is C26H23NO7S. The van der Waals surface area contributed by atoms with E-state index in [2.05, 4.69) is 0 Å². The van der Waals surface area contributed by atoms with Crippen LogP contribution in [0.3, 0.4) is 0 Å². The van der Waals surface area contributed by atoms with Crippen LogP contribution in [0.4, 0.5) is 5.69 Å². The molecule has 0 spiro atoms. The van der Waals surface area contributed by atoms with Gasteiger partial charge in [-0.2, -0.15) is 0 Å². The summed E-state index contributed by atoms with van der Waals surface area (Å²) in [6.45, 7) is 1.82. The lowest BCUT2D eigenvalue weighted by molar-refractivity contribution is -0.117. The van der Waals surface area contributed by atoms with Crippen LogP contribution < -0.4 is 9.64 Å². The van der Waals surface area contributed by atoms with Crippen LogP contribution in [0.25, 0.3) is 0 Å². The SMILES string of the molecule is COC(=O)c1ccc([C@H]2C(S(=O)(=O)c3ccc(C)cc3)=C(O)C(=O)N2c2ccc(OC)cc2)cc1. The maximum absolute atomic E-state index is 13.7. The summed E-state index contributed by atoms with van der Waals surface area (Å²) in [4.78, 5) is 25.9. The van der Waals surface area contributed by atoms with E-state index in [-0.39, 0.29) is 10.5 Å². The van der Waals surface area contributed by atoms with Gasteiger partial charge >= 0.3 is 5.97 Å². The fourth-order valence-electron chi connectivity index (χ4n) is 3.93. The molecule has 1 aliphatic rings. The maximum Gasteiger partial charge on any atom is 0.337 e. The maximum atomic E-state index is 13.7. The Morgan fingerprint density at radius 2 is 1.51 bits per heavy atom. The van der Waals surface area contributed by atoms with E-state index in [1.807, 2.05) is 6.92 Å². The topological polar surface area (TPSA) is 110 Å². The predicted molar refractivity (Wildman–Crippen MR) is 129 cm³/mol. The van der Waals surface area contributed by atoms with E-state index in [1.54, 1.807) is 36.4 Å². The molecule has 0 fully saturated rings. The number of anilines is 1. The minimum atomic E-state index is -4.27. The molecule has 3 aromatic rings. The van der Waals surface area contributed by atoms with Crippen LogP contribution in [0.15, 0.2) is 88.4 Å². The lowest BCUT2D eigenvalue weighted by atomic mass is 10.0. The summed E-state index contributed by atoms with van der Waals surface area (Å²) >= 11 is 0. The molecule has 1 aliphatic heterocycles. The van der Waals surface area contributed by atoms with Gasteiger partial charge in [-0.1, -0.05) is 29.8 Å². The highest BCUT2D eigenvalue weighted by molar-refractivity contribution is 7.95. The summed E-state index contributed by atoms with van der Waals surface area (Å²) in [7, 11) is -1.51. The number of ether oxygens (including phenoxy) is 2. The molecule has 1 heterocycles. The fraction of sp³-hybridized carbons (Fsp3) is 0.154. The third kappa shape index (κ3) is 4.26. The number of carbonyl (C=O) groups excluding carboxylic acids is 2. The van der Waals surface area contributed by atoms with Crippen molar-refractivity contribution in [3.05, 3.63) is 100 Å². The molecule has 1 atom stereocenters. The van der Waals surface area contributed by atoms with Crippen molar-refractivity contribution < 1.29 is 32.6 Å². The molecule has 1 amide bonds. The van der Waals surface area contributed by atoms with Crippen molar-refractivity contribution in [1.82, 2.24) is 0 Å². The number of methoxy groups -OCH3 is 2. The summed E-state index contributed by atoms with van der Waals surface area (Å²) in [5, 5.41) is 10.9. The molecule has 0 radical (unpaired) electrons. The van der Waals surface area contributed by atoms with E-state index in [1.165, 1.54) is 55.5 Å². The van der Waals surface area contributed by atoms with Crippen LogP contribution in [0, 0.1) is 6.92 Å². The lowest BCUT2D eigenvalue weighted by Crippen LogP contribution is -2.31. The van der Waals surface area contributed by atoms with Crippen molar-refractivity contribution in [2.24, 2.45) is 0 Å². The van der Waals surface area contributed by atoms with Gasteiger partial charge < -0.3 is 14.6 Å². The van der Waals surface area contributed by atoms with E-state index in [0.29, 0.717) is 17.0 Å². The van der Waals surface area contributed by atoms with Gasteiger partial charge in [-0.25, -0.2) is 13.2 Å². The van der Waals surface area contributed by atoms with Gasteiger partial charge in [0, 0.05) is 5.69 Å². The van der Waals surface area contributed by atoms with Crippen molar-refractivity contribution in [1.29, 1.82) is 0 Å². The van der Waals surface area contributed by atoms with E-state index < -0.39 is 38.4 Å². The molecule has 4 rings (SSSR count). The molecule has 0 aliphatic carbocycles. The molecule has 3 aromatic carbocycles. The normalized spacial score (nSPS) is 15.9. The molecule has 0 aromatic heterocycles. The van der Waals surface area contributed by atoms with Gasteiger partial charge in [0.1, 0.15) is 16.7 Å². The zero-order chi connectivity index (χ0) is 25.3. The van der Waals surface area contributed by atoms with Gasteiger partial charge in [-0.05, 0) is 61.0 Å². The van der Waals surface area contributed by atoms with Gasteiger partial charge in [-0.3, -0.25) is 9.69 Å². The Morgan fingerprint density at radius 1 is 0.914 bits per heavy atom. The number of sulfone groups is 1. The number of aliphatic hydroxyl groups is 1. The Bertz CT molecular complexity index is 1410. The predicted octanol–water partition coefficient (Wildman–Crippen LogP) is 4.12. The van der Waals surface area contributed by atoms with Crippen LogP contribution in [0.2, 0.25) is 0 Å². The largest absolute Gasteiger partial charge is 0.502 e. The van der Waals surface area contributed by atoms with Crippen molar-refractivity contribution >= 4 is 27.4 Å². The number of benzene rings is 3. The van der Waals surface area contributed by atoms with Crippen LogP contribution >= 0.6 is 0 Å². The van der Waals surface area contributed by atoms with Crippen molar-refractivity contribution in [2.75, 3.05) is 19.1 Å². The summed E-state index contributed by atoms with van der Waals surface area (Å²) in [5.41, 5.74) is 1.86. The highest BCUT2D eigenvalue weighted by atomic mass is 32.2. The minimum Gasteiger partial charge on any atom is -0.502 e. The van der Waals surface area contributed by atoms with Crippen LogP contribution in [-0.4, -0.2) is 39.6 Å². The molecule has 180 valence electrons. The van der Waals surface area contributed by atoms with Crippen molar-refractivity contribution in [3.63, 3.8) is 0 Å². The van der Waals surface area contributed by atoms with E-state index >= 15 is 0 Å². The minimum absolute atomic E-state index is 0.0507. The average Bonchev–Trinajstić information content (AvgIpc) is 3.14. The van der Waals surface area contributed by atoms with Gasteiger partial charge in [0.25, 0.3) is 5.91 Å². The van der Waals surface area contributed by atoms with Crippen molar-refractivity contribution in [3.8, 4) is 5.75 Å². The molecule has 1 N–H and O–H groups in total. The van der Waals surface area contributed by atoms with Gasteiger partial charge in [-0.15, -0.1) is 0 Å². The first-order valence-electron chi connectivity index (χ1n) is 10.6. The first-order chi connectivity index (χ1) is 16.7. The number of hydrogen-bond acceptors (Lipinski definition) is 7. The molecule has 0 unspecified atom stereocenters. The second-order valence-electron chi connectivity index (χ2n) is 7.92. The molecule has 0 saturated heterocycles. The highest BCUT2D eigenvalue weighted by Gasteiger charge is 2.47. The number of nitrogens with zero attached hydrogens (tertiary/aromatic N) is 1. The lowest BCUT2D eigenvalue weighted by Gasteiger charge is -2.27. The smallest absolute Gasteiger partial charge is 0.337 e. The monoisotopic (exact) mass is 493 g/mol. The number of aryl methyl sites for hydroxylation is 1. The Morgan fingerprint density at radius 3 is 2.06 bits per heavy atom. The first kappa shape index (κ1) is 24.0. The van der Waals surface area contributed by atoms with Crippen molar-refractivity contribution in [2.45, 2.75) is 17.9 Å². The van der Waals surface area contributed by atoms with Gasteiger partial charge in [0.2, 0.25) is 9.84 Å². The third-order valence-electron chi connectivity index (χ3n) is 5.78. The molecule has 8 nitrogen and oxygen atoms in total. The first-order valence-corrected chi connectivity index (χ1v) is 12.1. The number of aliphatic hydroxyl groups excluding tert-OH is 1. The number of amides is 1. The summed E-state index contributed by atoms with van der Waals surface area (Å²) < 4.78 is 37.3. The fourth-order valence-corrected chi connectivity index (χ4v) is 5.56. The van der Waals surface area contributed by atoms with Crippen LogP contribution in [0.5, 0.6) is 5.75 Å². The summed E-state index contributed by atoms with van der Waals surface area (Å²) in [6.07, 6.45) is 0. The third-order valence-corrected chi connectivity index (χ3v) is 7.67. The quantitative estimate of drug-likeness (QED) is 0.514. The Hall–Kier alpha value is -4.11. The second kappa shape index (κ2) is 9.27. The Kier molecular flexibility index (Phi) is 6.36. The van der Waals surface area contributed by atoms with Crippen LogP contribution in [-0.2, 0) is 19.4 Å². The number of esters is 1. The van der Waals surface area contributed by atoms with Gasteiger partial charge in [0.15, 0.2) is 5.76 Å². The summed E-state index contributed by atoms with van der Waals surface area (Å²) in [6, 6.07) is 17.4. The van der Waals surface area contributed by atoms with E-state index in [0.717, 1.165) is 5.56 Å². The Balaban J connectivity index is 1.90. The van der Waals surface area contributed by atoms with E-state index in [4.69, 9.17) is 9.47 Å².